The monoisotopic (exact) mass is 300 g/mol. The van der Waals surface area contributed by atoms with Crippen LogP contribution in [0.25, 0.3) is 0 Å². The second kappa shape index (κ2) is 7.47. The van der Waals surface area contributed by atoms with E-state index in [9.17, 15) is 0 Å². The van der Waals surface area contributed by atoms with Crippen LogP contribution in [0.4, 0.5) is 0 Å². The average molecular weight is 300 g/mol. The summed E-state index contributed by atoms with van der Waals surface area (Å²) in [6.07, 6.45) is 2.53. The SMILES string of the molecule is CCC1SCCSC1c1nccc(C(OC)OC)n1. The summed E-state index contributed by atoms with van der Waals surface area (Å²) < 4.78 is 10.5. The number of nitrogens with zero attached hydrogens (tertiary/aromatic N) is 2. The predicted octanol–water partition coefficient (Wildman–Crippen LogP) is 3.07. The quantitative estimate of drug-likeness (QED) is 0.779. The van der Waals surface area contributed by atoms with E-state index >= 15 is 0 Å². The van der Waals surface area contributed by atoms with Crippen LogP contribution in [0.3, 0.4) is 0 Å². The molecule has 2 rings (SSSR count). The molecule has 1 saturated heterocycles. The van der Waals surface area contributed by atoms with Crippen molar-refractivity contribution in [3.63, 3.8) is 0 Å². The molecule has 6 heteroatoms. The minimum atomic E-state index is -0.414. The lowest BCUT2D eigenvalue weighted by atomic mass is 10.2. The maximum absolute atomic E-state index is 5.26. The summed E-state index contributed by atoms with van der Waals surface area (Å²) in [5.41, 5.74) is 0.793. The first kappa shape index (κ1) is 15.1. The molecular formula is C13H20N2O2S2. The van der Waals surface area contributed by atoms with Crippen LogP contribution in [-0.4, -0.2) is 40.9 Å². The van der Waals surface area contributed by atoms with E-state index in [0.717, 1.165) is 23.7 Å². The number of hydrogen-bond donors (Lipinski definition) is 0. The number of hydrogen-bond acceptors (Lipinski definition) is 6. The molecule has 1 fully saturated rings. The van der Waals surface area contributed by atoms with Crippen LogP contribution in [0.15, 0.2) is 12.3 Å². The second-order valence-corrected chi connectivity index (χ2v) is 6.85. The van der Waals surface area contributed by atoms with Crippen LogP contribution < -0.4 is 0 Å². The zero-order chi connectivity index (χ0) is 13.7. The van der Waals surface area contributed by atoms with Gasteiger partial charge in [0.15, 0.2) is 0 Å². The largest absolute Gasteiger partial charge is 0.350 e. The Bertz CT molecular complexity index is 402. The van der Waals surface area contributed by atoms with Crippen molar-refractivity contribution < 1.29 is 9.47 Å². The minimum Gasteiger partial charge on any atom is -0.350 e. The summed E-state index contributed by atoms with van der Waals surface area (Å²) in [4.78, 5) is 9.10. The zero-order valence-corrected chi connectivity index (χ0v) is 13.2. The third-order valence-corrected chi connectivity index (χ3v) is 6.32. The highest BCUT2D eigenvalue weighted by Gasteiger charge is 2.29. The fraction of sp³-hybridized carbons (Fsp3) is 0.692. The van der Waals surface area contributed by atoms with Gasteiger partial charge < -0.3 is 9.47 Å². The Kier molecular flexibility index (Phi) is 5.94. The average Bonchev–Trinajstić information content (AvgIpc) is 2.49. The molecule has 0 amide bonds. The Morgan fingerprint density at radius 3 is 2.74 bits per heavy atom. The molecule has 0 N–H and O–H groups in total. The Balaban J connectivity index is 2.21. The molecule has 2 heterocycles. The molecule has 4 nitrogen and oxygen atoms in total. The Morgan fingerprint density at radius 1 is 1.32 bits per heavy atom. The van der Waals surface area contributed by atoms with Crippen molar-refractivity contribution >= 4 is 23.5 Å². The van der Waals surface area contributed by atoms with Crippen molar-refractivity contribution in [2.45, 2.75) is 30.1 Å². The van der Waals surface area contributed by atoms with Gasteiger partial charge in [0.1, 0.15) is 5.82 Å². The van der Waals surface area contributed by atoms with Gasteiger partial charge in [-0.2, -0.15) is 11.8 Å². The summed E-state index contributed by atoms with van der Waals surface area (Å²) in [5, 5.41) is 0.968. The van der Waals surface area contributed by atoms with Gasteiger partial charge in [0.2, 0.25) is 6.29 Å². The van der Waals surface area contributed by atoms with Crippen LogP contribution in [0, 0.1) is 0 Å². The van der Waals surface area contributed by atoms with Gasteiger partial charge in [-0.1, -0.05) is 6.92 Å². The van der Waals surface area contributed by atoms with E-state index in [4.69, 9.17) is 9.47 Å². The first-order valence-corrected chi connectivity index (χ1v) is 8.51. The van der Waals surface area contributed by atoms with Gasteiger partial charge >= 0.3 is 0 Å². The molecule has 0 saturated carbocycles. The number of thioether (sulfide) groups is 2. The second-order valence-electron chi connectivity index (χ2n) is 4.25. The first-order valence-electron chi connectivity index (χ1n) is 6.41. The third kappa shape index (κ3) is 3.62. The van der Waals surface area contributed by atoms with E-state index in [1.807, 2.05) is 29.6 Å². The van der Waals surface area contributed by atoms with Gasteiger partial charge in [0.05, 0.1) is 10.9 Å². The van der Waals surface area contributed by atoms with E-state index in [-0.39, 0.29) is 0 Å². The predicted molar refractivity (Wildman–Crippen MR) is 80.5 cm³/mol. The maximum Gasteiger partial charge on any atom is 0.200 e. The van der Waals surface area contributed by atoms with Crippen molar-refractivity contribution in [1.82, 2.24) is 9.97 Å². The van der Waals surface area contributed by atoms with Gasteiger partial charge in [0, 0.05) is 37.2 Å². The highest BCUT2D eigenvalue weighted by atomic mass is 32.2. The highest BCUT2D eigenvalue weighted by molar-refractivity contribution is 8.06. The molecule has 0 spiro atoms. The molecule has 0 bridgehead atoms. The zero-order valence-electron chi connectivity index (χ0n) is 11.5. The number of ether oxygens (including phenoxy) is 2. The molecule has 0 aromatic carbocycles. The Labute approximate surface area is 123 Å². The Morgan fingerprint density at radius 2 is 2.05 bits per heavy atom. The standard InChI is InChI=1S/C13H20N2O2S2/c1-4-10-11(19-8-7-18-10)12-14-6-5-9(15-12)13(16-2)17-3/h5-6,10-11,13H,4,7-8H2,1-3H3. The van der Waals surface area contributed by atoms with Crippen LogP contribution in [0.5, 0.6) is 0 Å². The van der Waals surface area contributed by atoms with Gasteiger partial charge in [-0.15, -0.1) is 11.8 Å². The molecule has 2 atom stereocenters. The topological polar surface area (TPSA) is 44.2 Å². The molecule has 19 heavy (non-hydrogen) atoms. The van der Waals surface area contributed by atoms with Crippen molar-refractivity contribution in [1.29, 1.82) is 0 Å². The van der Waals surface area contributed by atoms with Gasteiger partial charge in [-0.3, -0.25) is 0 Å². The third-order valence-electron chi connectivity index (χ3n) is 3.07. The van der Waals surface area contributed by atoms with Crippen LogP contribution in [-0.2, 0) is 9.47 Å². The fourth-order valence-electron chi connectivity index (χ4n) is 2.14. The summed E-state index contributed by atoms with van der Waals surface area (Å²) in [6, 6.07) is 1.85. The van der Waals surface area contributed by atoms with Crippen molar-refractivity contribution in [2.24, 2.45) is 0 Å². The molecule has 106 valence electrons. The number of rotatable bonds is 5. The maximum atomic E-state index is 5.26. The first-order chi connectivity index (χ1) is 9.30. The molecule has 1 aliphatic rings. The smallest absolute Gasteiger partial charge is 0.200 e. The van der Waals surface area contributed by atoms with E-state index in [1.54, 1.807) is 20.4 Å². The highest BCUT2D eigenvalue weighted by Crippen LogP contribution is 2.42. The van der Waals surface area contributed by atoms with Crippen molar-refractivity contribution in [3.8, 4) is 0 Å². The molecule has 0 aliphatic carbocycles. The molecule has 0 radical (unpaired) electrons. The van der Waals surface area contributed by atoms with Crippen molar-refractivity contribution in [3.05, 3.63) is 23.8 Å². The van der Waals surface area contributed by atoms with Crippen LogP contribution in [0.2, 0.25) is 0 Å². The minimum absolute atomic E-state index is 0.373. The van der Waals surface area contributed by atoms with E-state index in [0.29, 0.717) is 10.5 Å². The molecular weight excluding hydrogens is 280 g/mol. The lowest BCUT2D eigenvalue weighted by molar-refractivity contribution is -0.108. The van der Waals surface area contributed by atoms with E-state index in [1.165, 1.54) is 5.75 Å². The van der Waals surface area contributed by atoms with E-state index in [2.05, 4.69) is 16.9 Å². The van der Waals surface area contributed by atoms with E-state index < -0.39 is 6.29 Å². The number of methoxy groups -OCH3 is 2. The molecule has 1 aromatic heterocycles. The van der Waals surface area contributed by atoms with Gasteiger partial charge in [-0.25, -0.2) is 9.97 Å². The summed E-state index contributed by atoms with van der Waals surface area (Å²) in [7, 11) is 3.24. The lowest BCUT2D eigenvalue weighted by Gasteiger charge is -2.29. The van der Waals surface area contributed by atoms with Crippen LogP contribution >= 0.6 is 23.5 Å². The normalized spacial score (nSPS) is 23.8. The lowest BCUT2D eigenvalue weighted by Crippen LogP contribution is -2.21. The van der Waals surface area contributed by atoms with Gasteiger partial charge in [0.25, 0.3) is 0 Å². The Hall–Kier alpha value is -0.300. The molecule has 1 aliphatic heterocycles. The fourth-order valence-corrected chi connectivity index (χ4v) is 5.14. The molecule has 2 unspecified atom stereocenters. The van der Waals surface area contributed by atoms with Gasteiger partial charge in [-0.05, 0) is 12.5 Å². The summed E-state index contributed by atoms with van der Waals surface area (Å²) in [6.45, 7) is 2.23. The summed E-state index contributed by atoms with van der Waals surface area (Å²) in [5.74, 6) is 3.29. The summed E-state index contributed by atoms with van der Waals surface area (Å²) >= 11 is 3.99. The number of aromatic nitrogens is 2. The van der Waals surface area contributed by atoms with Crippen LogP contribution in [0.1, 0.15) is 36.4 Å². The molecule has 1 aromatic rings. The van der Waals surface area contributed by atoms with Crippen molar-refractivity contribution in [2.75, 3.05) is 25.7 Å².